The number of carbonyl (C=O) groups is 1. The van der Waals surface area contributed by atoms with Crippen LogP contribution >= 0.6 is 11.3 Å². The first-order valence-corrected chi connectivity index (χ1v) is 12.6. The van der Waals surface area contributed by atoms with Crippen molar-refractivity contribution in [1.82, 2.24) is 19.4 Å². The van der Waals surface area contributed by atoms with Crippen LogP contribution in [-0.4, -0.2) is 48.0 Å². The smallest absolute Gasteiger partial charge is 0.252 e. The first-order valence-electron chi connectivity index (χ1n) is 10.3. The minimum atomic E-state index is -3.53. The maximum absolute atomic E-state index is 13.1. The van der Waals surface area contributed by atoms with Gasteiger partial charge in [-0.25, -0.2) is 8.42 Å². The number of nitrogens with zero attached hydrogens (tertiary/aromatic N) is 3. The average molecular weight is 437 g/mol. The molecule has 9 heteroatoms. The zero-order chi connectivity index (χ0) is 20.3. The fourth-order valence-electron chi connectivity index (χ4n) is 4.78. The monoisotopic (exact) mass is 436 g/mol. The Labute approximate surface area is 176 Å². The molecule has 2 aliphatic rings. The number of carbonyl (C=O) groups excluding carboxylic acids is 1. The molecule has 1 unspecified atom stereocenters. The van der Waals surface area contributed by atoms with Crippen molar-refractivity contribution < 1.29 is 13.2 Å². The molecular weight excluding hydrogens is 408 g/mol. The average Bonchev–Trinajstić information content (AvgIpc) is 3.47. The highest BCUT2D eigenvalue weighted by Crippen LogP contribution is 2.49. The topological polar surface area (TPSA) is 84.3 Å². The van der Waals surface area contributed by atoms with Gasteiger partial charge in [0.2, 0.25) is 5.91 Å². The predicted octanol–water partition coefficient (Wildman–Crippen LogP) is 2.72. The first kappa shape index (κ1) is 20.6. The highest BCUT2D eigenvalue weighted by Gasteiger charge is 2.53. The fourth-order valence-corrected chi connectivity index (χ4v) is 7.47. The molecule has 2 aromatic heterocycles. The van der Waals surface area contributed by atoms with Crippen LogP contribution in [0, 0.1) is 11.3 Å². The van der Waals surface area contributed by atoms with E-state index in [0.29, 0.717) is 17.3 Å². The molecule has 1 amide bonds. The molecular formula is C20H28N4O3S2. The van der Waals surface area contributed by atoms with Crippen LogP contribution in [0.3, 0.4) is 0 Å². The Morgan fingerprint density at radius 3 is 2.79 bits per heavy atom. The van der Waals surface area contributed by atoms with E-state index in [9.17, 15) is 13.2 Å². The molecule has 0 radical (unpaired) electrons. The number of thiophene rings is 1. The molecule has 158 valence electrons. The van der Waals surface area contributed by atoms with E-state index in [1.165, 1.54) is 11.3 Å². The number of hydrogen-bond acceptors (Lipinski definition) is 5. The van der Waals surface area contributed by atoms with E-state index >= 15 is 0 Å². The number of rotatable bonds is 7. The summed E-state index contributed by atoms with van der Waals surface area (Å²) in [5, 5.41) is 9.02. The van der Waals surface area contributed by atoms with Crippen molar-refractivity contribution in [2.75, 3.05) is 19.6 Å². The third kappa shape index (κ3) is 4.27. The van der Waals surface area contributed by atoms with Crippen molar-refractivity contribution in [2.45, 2.75) is 49.3 Å². The van der Waals surface area contributed by atoms with E-state index in [1.54, 1.807) is 28.0 Å². The summed E-state index contributed by atoms with van der Waals surface area (Å²) in [6.45, 7) is 2.06. The van der Waals surface area contributed by atoms with E-state index < -0.39 is 10.0 Å². The molecule has 0 aromatic carbocycles. The first-order chi connectivity index (χ1) is 14.0. The summed E-state index contributed by atoms with van der Waals surface area (Å²) in [5.41, 5.74) is -0.228. The van der Waals surface area contributed by atoms with Crippen molar-refractivity contribution in [3.63, 3.8) is 0 Å². The van der Waals surface area contributed by atoms with E-state index in [2.05, 4.69) is 10.4 Å². The number of sulfonamides is 1. The van der Waals surface area contributed by atoms with Crippen LogP contribution in [-0.2, 0) is 21.4 Å². The zero-order valence-corrected chi connectivity index (χ0v) is 18.1. The Morgan fingerprint density at radius 1 is 1.28 bits per heavy atom. The number of aryl methyl sites for hydroxylation is 1. The molecule has 2 aromatic rings. The van der Waals surface area contributed by atoms with Crippen molar-refractivity contribution in [2.24, 2.45) is 11.3 Å². The van der Waals surface area contributed by atoms with Crippen LogP contribution in [0.1, 0.15) is 38.5 Å². The van der Waals surface area contributed by atoms with Crippen molar-refractivity contribution in [3.8, 4) is 0 Å². The largest absolute Gasteiger partial charge is 0.356 e. The molecule has 1 saturated carbocycles. The van der Waals surface area contributed by atoms with Crippen LogP contribution in [0.4, 0.5) is 0 Å². The van der Waals surface area contributed by atoms with E-state index in [4.69, 9.17) is 0 Å². The molecule has 4 rings (SSSR count). The Kier molecular flexibility index (Phi) is 6.08. The quantitative estimate of drug-likeness (QED) is 0.677. The molecule has 29 heavy (non-hydrogen) atoms. The third-order valence-corrected chi connectivity index (χ3v) is 9.48. The summed E-state index contributed by atoms with van der Waals surface area (Å²) < 4.78 is 29.9. The lowest BCUT2D eigenvalue weighted by Gasteiger charge is -2.37. The summed E-state index contributed by atoms with van der Waals surface area (Å²) in [6, 6.07) is 5.29. The lowest BCUT2D eigenvalue weighted by Crippen LogP contribution is -2.42. The highest BCUT2D eigenvalue weighted by molar-refractivity contribution is 7.91. The van der Waals surface area contributed by atoms with Gasteiger partial charge in [0.25, 0.3) is 10.0 Å². The normalized spacial score (nSPS) is 22.1. The highest BCUT2D eigenvalue weighted by atomic mass is 32.2. The fraction of sp³-hybridized carbons (Fsp3) is 0.600. The number of amides is 1. The van der Waals surface area contributed by atoms with Gasteiger partial charge in [0.1, 0.15) is 4.21 Å². The SMILES string of the molecule is O=C(NCCCn1cccn1)C1CN(S(=O)(=O)c2cccs2)CC12CCCCC2. The second kappa shape index (κ2) is 8.57. The predicted molar refractivity (Wildman–Crippen MR) is 112 cm³/mol. The Morgan fingerprint density at radius 2 is 2.10 bits per heavy atom. The summed E-state index contributed by atoms with van der Waals surface area (Å²) in [7, 11) is -3.53. The van der Waals surface area contributed by atoms with E-state index in [-0.39, 0.29) is 23.8 Å². The van der Waals surface area contributed by atoms with Gasteiger partial charge in [0, 0.05) is 38.6 Å². The lowest BCUT2D eigenvalue weighted by atomic mass is 9.67. The number of nitrogens with one attached hydrogen (secondary N) is 1. The number of hydrogen-bond donors (Lipinski definition) is 1. The number of aromatic nitrogens is 2. The maximum atomic E-state index is 13.1. The molecule has 3 heterocycles. The Balaban J connectivity index is 1.44. The second-order valence-electron chi connectivity index (χ2n) is 8.12. The molecule has 2 fully saturated rings. The van der Waals surface area contributed by atoms with Gasteiger partial charge in [-0.2, -0.15) is 9.40 Å². The minimum absolute atomic E-state index is 0.00348. The molecule has 1 aliphatic heterocycles. The van der Waals surface area contributed by atoms with Crippen LogP contribution in [0.2, 0.25) is 0 Å². The van der Waals surface area contributed by atoms with E-state index in [0.717, 1.165) is 45.1 Å². The van der Waals surface area contributed by atoms with Crippen molar-refractivity contribution >= 4 is 27.3 Å². The second-order valence-corrected chi connectivity index (χ2v) is 11.2. The van der Waals surface area contributed by atoms with Gasteiger partial charge >= 0.3 is 0 Å². The van der Waals surface area contributed by atoms with Gasteiger partial charge in [-0.15, -0.1) is 11.3 Å². The Bertz CT molecular complexity index is 904. The maximum Gasteiger partial charge on any atom is 0.252 e. The van der Waals surface area contributed by atoms with E-state index in [1.807, 2.05) is 16.9 Å². The van der Waals surface area contributed by atoms with Gasteiger partial charge in [0.15, 0.2) is 0 Å². The van der Waals surface area contributed by atoms with Crippen molar-refractivity contribution in [3.05, 3.63) is 36.0 Å². The van der Waals surface area contributed by atoms with Crippen molar-refractivity contribution in [1.29, 1.82) is 0 Å². The van der Waals surface area contributed by atoms with Gasteiger partial charge in [0.05, 0.1) is 5.92 Å². The molecule has 1 spiro atoms. The summed E-state index contributed by atoms with van der Waals surface area (Å²) in [6.07, 6.45) is 9.59. The standard InChI is InChI=1S/C20H28N4O3S2/c25-19(21-10-5-12-23-13-6-11-22-23)17-15-24(16-20(17)8-2-1-3-9-20)29(26,27)18-7-4-14-28-18/h4,6-7,11,13-14,17H,1-3,5,8-10,12,15-16H2,(H,21,25). The molecule has 7 nitrogen and oxygen atoms in total. The zero-order valence-electron chi connectivity index (χ0n) is 16.5. The van der Waals surface area contributed by atoms with Crippen LogP contribution in [0.5, 0.6) is 0 Å². The molecule has 0 bridgehead atoms. The minimum Gasteiger partial charge on any atom is -0.356 e. The molecule has 1 saturated heterocycles. The molecule has 1 N–H and O–H groups in total. The van der Waals surface area contributed by atoms with Crippen LogP contribution < -0.4 is 5.32 Å². The van der Waals surface area contributed by atoms with Gasteiger partial charge < -0.3 is 5.32 Å². The third-order valence-electron chi connectivity index (χ3n) is 6.29. The Hall–Kier alpha value is -1.71. The van der Waals surface area contributed by atoms with Gasteiger partial charge in [-0.3, -0.25) is 9.48 Å². The summed E-state index contributed by atoms with van der Waals surface area (Å²) >= 11 is 1.24. The van der Waals surface area contributed by atoms with Gasteiger partial charge in [-0.1, -0.05) is 25.3 Å². The molecule has 1 atom stereocenters. The van der Waals surface area contributed by atoms with Crippen LogP contribution in [0.15, 0.2) is 40.2 Å². The van der Waals surface area contributed by atoms with Gasteiger partial charge in [-0.05, 0) is 42.2 Å². The van der Waals surface area contributed by atoms with Crippen LogP contribution in [0.25, 0.3) is 0 Å². The summed E-state index contributed by atoms with van der Waals surface area (Å²) in [4.78, 5) is 13.1. The summed E-state index contributed by atoms with van der Waals surface area (Å²) in [5.74, 6) is -0.279. The lowest BCUT2D eigenvalue weighted by molar-refractivity contribution is -0.128. The molecule has 1 aliphatic carbocycles.